The van der Waals surface area contributed by atoms with E-state index in [4.69, 9.17) is 4.74 Å². The van der Waals surface area contributed by atoms with E-state index in [2.05, 4.69) is 28.6 Å². The average Bonchev–Trinajstić information content (AvgIpc) is 2.35. The van der Waals surface area contributed by atoms with E-state index >= 15 is 0 Å². The molecule has 0 saturated carbocycles. The minimum Gasteiger partial charge on any atom is -0.381 e. The number of ether oxygens (including phenoxy) is 1. The Balaban J connectivity index is 2.23. The van der Waals surface area contributed by atoms with Crippen molar-refractivity contribution in [3.8, 4) is 0 Å². The molecule has 2 rings (SSSR count). The third-order valence-corrected chi connectivity index (χ3v) is 4.48. The number of pyridine rings is 1. The van der Waals surface area contributed by atoms with Crippen LogP contribution in [0.5, 0.6) is 0 Å². The molecule has 1 aromatic heterocycles. The molecule has 0 N–H and O–H groups in total. The molecule has 17 heavy (non-hydrogen) atoms. The van der Waals surface area contributed by atoms with E-state index in [0.717, 1.165) is 42.8 Å². The summed E-state index contributed by atoms with van der Waals surface area (Å²) >= 11 is 7.85. The Bertz CT molecular complexity index is 440. The van der Waals surface area contributed by atoms with Gasteiger partial charge >= 0.3 is 0 Å². The number of aromatic nitrogens is 1. The van der Waals surface area contributed by atoms with E-state index in [1.165, 1.54) is 0 Å². The largest absolute Gasteiger partial charge is 0.381 e. The smallest absolute Gasteiger partial charge is 0.250 e. The zero-order valence-corrected chi connectivity index (χ0v) is 12.0. The molecule has 0 spiro atoms. The predicted octanol–water partition coefficient (Wildman–Crippen LogP) is 2.34. The quantitative estimate of drug-likeness (QED) is 0.868. The molecule has 0 unspecified atom stereocenters. The molecule has 1 aliphatic heterocycles. The summed E-state index contributed by atoms with van der Waals surface area (Å²) < 4.78 is 8.09. The molecule has 0 amide bonds. The zero-order chi connectivity index (χ0) is 12.3. The molecule has 0 aromatic carbocycles. The maximum Gasteiger partial charge on any atom is 0.250 e. The number of nitrogens with zero attached hydrogens (tertiary/aromatic N) is 1. The first-order valence-electron chi connectivity index (χ1n) is 5.70. The van der Waals surface area contributed by atoms with Crippen LogP contribution in [0.2, 0.25) is 0 Å². The number of rotatable bonds is 3. The van der Waals surface area contributed by atoms with Crippen LogP contribution in [-0.4, -0.2) is 23.5 Å². The molecule has 2 heterocycles. The molecule has 94 valence electrons. The van der Waals surface area contributed by atoms with Crippen molar-refractivity contribution in [2.75, 3.05) is 19.0 Å². The lowest BCUT2D eigenvalue weighted by molar-refractivity contribution is 0.0177. The van der Waals surface area contributed by atoms with Gasteiger partial charge in [-0.2, -0.15) is 12.6 Å². The molecule has 0 aliphatic carbocycles. The summed E-state index contributed by atoms with van der Waals surface area (Å²) in [6.45, 7) is 2.25. The maximum atomic E-state index is 11.8. The Morgan fingerprint density at radius 3 is 2.76 bits per heavy atom. The second-order valence-electron chi connectivity index (χ2n) is 4.58. The number of hydrogen-bond donors (Lipinski definition) is 1. The van der Waals surface area contributed by atoms with Crippen molar-refractivity contribution in [3.05, 3.63) is 33.2 Å². The highest BCUT2D eigenvalue weighted by atomic mass is 79.9. The molecular weight excluding hydrogens is 302 g/mol. The standard InChI is InChI=1S/C12H16BrNO2S/c13-10-1-2-11(15)14(7-10)8-12(9-17)3-5-16-6-4-12/h1-2,7,17H,3-6,8-9H2. The highest BCUT2D eigenvalue weighted by molar-refractivity contribution is 9.10. The van der Waals surface area contributed by atoms with Gasteiger partial charge in [-0.3, -0.25) is 4.79 Å². The van der Waals surface area contributed by atoms with Crippen LogP contribution in [0.1, 0.15) is 12.8 Å². The summed E-state index contributed by atoms with van der Waals surface area (Å²) in [5.74, 6) is 0.787. The number of hydrogen-bond acceptors (Lipinski definition) is 3. The third kappa shape index (κ3) is 3.14. The Morgan fingerprint density at radius 1 is 1.41 bits per heavy atom. The van der Waals surface area contributed by atoms with Crippen molar-refractivity contribution in [2.24, 2.45) is 5.41 Å². The fraction of sp³-hybridized carbons (Fsp3) is 0.583. The van der Waals surface area contributed by atoms with Crippen molar-refractivity contribution >= 4 is 28.6 Å². The SMILES string of the molecule is O=c1ccc(Br)cn1CC1(CS)CCOCC1. The van der Waals surface area contributed by atoms with E-state index in [1.54, 1.807) is 16.7 Å². The lowest BCUT2D eigenvalue weighted by Gasteiger charge is -2.36. The molecule has 1 fully saturated rings. The summed E-state index contributed by atoms with van der Waals surface area (Å²) in [6.07, 6.45) is 3.79. The summed E-state index contributed by atoms with van der Waals surface area (Å²) in [5.41, 5.74) is 0.132. The maximum absolute atomic E-state index is 11.8. The van der Waals surface area contributed by atoms with Crippen LogP contribution in [0.15, 0.2) is 27.6 Å². The van der Waals surface area contributed by atoms with Crippen LogP contribution in [0, 0.1) is 5.41 Å². The summed E-state index contributed by atoms with van der Waals surface area (Å²) in [4.78, 5) is 11.8. The summed E-state index contributed by atoms with van der Waals surface area (Å²) in [7, 11) is 0. The molecule has 1 aromatic rings. The van der Waals surface area contributed by atoms with Crippen LogP contribution in [0.3, 0.4) is 0 Å². The summed E-state index contributed by atoms with van der Waals surface area (Å²) in [5, 5.41) is 0. The lowest BCUT2D eigenvalue weighted by atomic mass is 9.82. The van der Waals surface area contributed by atoms with E-state index in [-0.39, 0.29) is 11.0 Å². The minimum absolute atomic E-state index is 0.0425. The van der Waals surface area contributed by atoms with Gasteiger partial charge in [0, 0.05) is 41.9 Å². The number of thiol groups is 1. The first-order chi connectivity index (χ1) is 8.15. The molecule has 1 aliphatic rings. The van der Waals surface area contributed by atoms with Gasteiger partial charge in [-0.05, 0) is 40.6 Å². The predicted molar refractivity (Wildman–Crippen MR) is 74.7 cm³/mol. The van der Waals surface area contributed by atoms with Gasteiger partial charge in [0.2, 0.25) is 0 Å². The van der Waals surface area contributed by atoms with E-state index in [1.807, 2.05) is 6.20 Å². The van der Waals surface area contributed by atoms with Gasteiger partial charge in [0.15, 0.2) is 0 Å². The van der Waals surface area contributed by atoms with Crippen molar-refractivity contribution in [3.63, 3.8) is 0 Å². The molecule has 3 nitrogen and oxygen atoms in total. The fourth-order valence-corrected chi connectivity index (χ4v) is 2.95. The summed E-state index contributed by atoms with van der Waals surface area (Å²) in [6, 6.07) is 3.37. The number of halogens is 1. The van der Waals surface area contributed by atoms with Crippen LogP contribution >= 0.6 is 28.6 Å². The first kappa shape index (κ1) is 13.2. The topological polar surface area (TPSA) is 31.2 Å². The molecule has 0 bridgehead atoms. The van der Waals surface area contributed by atoms with Crippen molar-refractivity contribution < 1.29 is 4.74 Å². The highest BCUT2D eigenvalue weighted by Crippen LogP contribution is 2.33. The van der Waals surface area contributed by atoms with E-state index in [9.17, 15) is 4.79 Å². The molecule has 1 saturated heterocycles. The Kier molecular flexibility index (Phi) is 4.33. The fourth-order valence-electron chi connectivity index (χ4n) is 2.16. The van der Waals surface area contributed by atoms with Gasteiger partial charge in [0.05, 0.1) is 0 Å². The van der Waals surface area contributed by atoms with Crippen LogP contribution in [0.4, 0.5) is 0 Å². The molecule has 0 atom stereocenters. The second-order valence-corrected chi connectivity index (χ2v) is 5.82. The van der Waals surface area contributed by atoms with Crippen LogP contribution in [0.25, 0.3) is 0 Å². The normalized spacial score (nSPS) is 19.2. The van der Waals surface area contributed by atoms with Crippen LogP contribution in [-0.2, 0) is 11.3 Å². The molecule has 5 heteroatoms. The Morgan fingerprint density at radius 2 is 2.12 bits per heavy atom. The van der Waals surface area contributed by atoms with Crippen molar-refractivity contribution in [1.29, 1.82) is 0 Å². The minimum atomic E-state index is 0.0425. The second kappa shape index (κ2) is 5.59. The van der Waals surface area contributed by atoms with Gasteiger partial charge in [0.25, 0.3) is 5.56 Å². The monoisotopic (exact) mass is 317 g/mol. The van der Waals surface area contributed by atoms with Gasteiger partial charge in [-0.25, -0.2) is 0 Å². The Hall–Kier alpha value is -0.260. The van der Waals surface area contributed by atoms with Gasteiger partial charge < -0.3 is 9.30 Å². The van der Waals surface area contributed by atoms with Crippen molar-refractivity contribution in [2.45, 2.75) is 19.4 Å². The Labute approximate surface area is 115 Å². The van der Waals surface area contributed by atoms with Gasteiger partial charge in [-0.1, -0.05) is 0 Å². The lowest BCUT2D eigenvalue weighted by Crippen LogP contribution is -2.38. The highest BCUT2D eigenvalue weighted by Gasteiger charge is 2.31. The van der Waals surface area contributed by atoms with Gasteiger partial charge in [-0.15, -0.1) is 0 Å². The average molecular weight is 318 g/mol. The first-order valence-corrected chi connectivity index (χ1v) is 7.12. The molecular formula is C12H16BrNO2S. The molecule has 0 radical (unpaired) electrons. The van der Waals surface area contributed by atoms with Crippen LogP contribution < -0.4 is 5.56 Å². The van der Waals surface area contributed by atoms with Crippen molar-refractivity contribution in [1.82, 2.24) is 4.57 Å². The third-order valence-electron chi connectivity index (χ3n) is 3.34. The van der Waals surface area contributed by atoms with E-state index in [0.29, 0.717) is 0 Å². The van der Waals surface area contributed by atoms with E-state index < -0.39 is 0 Å². The van der Waals surface area contributed by atoms with Gasteiger partial charge in [0.1, 0.15) is 0 Å². The zero-order valence-electron chi connectivity index (χ0n) is 9.56.